The Kier molecular flexibility index (Phi) is 8.84. The summed E-state index contributed by atoms with van der Waals surface area (Å²) in [5, 5.41) is 2.98. The minimum atomic E-state index is -3.55. The van der Waals surface area contributed by atoms with Gasteiger partial charge in [0, 0.05) is 12.1 Å². The summed E-state index contributed by atoms with van der Waals surface area (Å²) in [5.41, 5.74) is 1.61. The van der Waals surface area contributed by atoms with Crippen molar-refractivity contribution in [2.24, 2.45) is 5.92 Å². The topological polar surface area (TPSA) is 66.5 Å². The van der Waals surface area contributed by atoms with Crippen LogP contribution in [0.4, 0.5) is 10.1 Å². The summed E-state index contributed by atoms with van der Waals surface area (Å²) in [6.07, 6.45) is 5.53. The van der Waals surface area contributed by atoms with Crippen LogP contribution in [0.3, 0.4) is 0 Å². The summed E-state index contributed by atoms with van der Waals surface area (Å²) in [4.78, 5) is 12.5. The van der Waals surface area contributed by atoms with E-state index >= 15 is 0 Å². The molecule has 2 aromatic rings. The number of benzene rings is 2. The van der Waals surface area contributed by atoms with E-state index in [1.807, 2.05) is 0 Å². The molecule has 0 fully saturated rings. The van der Waals surface area contributed by atoms with Crippen molar-refractivity contribution in [2.75, 3.05) is 17.1 Å². The maximum absolute atomic E-state index is 13.1. The first-order valence-corrected chi connectivity index (χ1v) is 12.2. The summed E-state index contributed by atoms with van der Waals surface area (Å²) in [6, 6.07) is 12.2. The van der Waals surface area contributed by atoms with Gasteiger partial charge in [0.1, 0.15) is 5.82 Å². The fraction of sp³-hybridized carbons (Fsp3) is 0.435. The lowest BCUT2D eigenvalue weighted by atomic mass is 9.99. The van der Waals surface area contributed by atoms with Crippen LogP contribution in [0.2, 0.25) is 0 Å². The molecule has 2 aromatic carbocycles. The second-order valence-electron chi connectivity index (χ2n) is 7.57. The number of hydrogen-bond acceptors (Lipinski definition) is 3. The maximum atomic E-state index is 13.1. The Bertz CT molecular complexity index is 912. The number of carbonyl (C=O) groups is 1. The van der Waals surface area contributed by atoms with E-state index in [0.717, 1.165) is 31.9 Å². The molecule has 164 valence electrons. The first-order chi connectivity index (χ1) is 14.2. The lowest BCUT2D eigenvalue weighted by molar-refractivity contribution is 0.0946. The fourth-order valence-corrected chi connectivity index (χ4v) is 4.11. The van der Waals surface area contributed by atoms with E-state index in [-0.39, 0.29) is 18.3 Å². The largest absolute Gasteiger partial charge is 0.352 e. The van der Waals surface area contributed by atoms with Crippen LogP contribution in [0.15, 0.2) is 48.5 Å². The van der Waals surface area contributed by atoms with Gasteiger partial charge in [-0.1, -0.05) is 45.2 Å². The zero-order valence-electron chi connectivity index (χ0n) is 17.9. The van der Waals surface area contributed by atoms with Gasteiger partial charge in [-0.25, -0.2) is 12.8 Å². The summed E-state index contributed by atoms with van der Waals surface area (Å²) < 4.78 is 38.9. The van der Waals surface area contributed by atoms with E-state index in [2.05, 4.69) is 19.2 Å². The Morgan fingerprint density at radius 2 is 1.70 bits per heavy atom. The molecule has 0 spiro atoms. The van der Waals surface area contributed by atoms with E-state index in [1.165, 1.54) is 16.4 Å². The molecule has 0 aliphatic heterocycles. The number of amides is 1. The molecule has 0 aliphatic carbocycles. The van der Waals surface area contributed by atoms with Gasteiger partial charge in [-0.05, 0) is 54.3 Å². The second kappa shape index (κ2) is 11.1. The van der Waals surface area contributed by atoms with E-state index in [1.54, 1.807) is 36.4 Å². The Morgan fingerprint density at radius 3 is 2.23 bits per heavy atom. The number of unbranched alkanes of at least 4 members (excludes halogenated alkanes) is 1. The highest BCUT2D eigenvalue weighted by Crippen LogP contribution is 2.21. The van der Waals surface area contributed by atoms with E-state index < -0.39 is 10.0 Å². The summed E-state index contributed by atoms with van der Waals surface area (Å²) in [6.45, 7) is 5.00. The van der Waals surface area contributed by atoms with Crippen LogP contribution in [0, 0.1) is 11.7 Å². The number of sulfonamides is 1. The molecule has 7 heteroatoms. The van der Waals surface area contributed by atoms with Crippen LogP contribution in [0.25, 0.3) is 0 Å². The van der Waals surface area contributed by atoms with Crippen LogP contribution in [-0.2, 0) is 16.6 Å². The SMILES string of the molecule is CCCCC(CC)CNC(=O)c1ccc(N(Cc2ccc(F)cc2)S(C)(=O)=O)cc1. The first kappa shape index (κ1) is 23.9. The molecule has 1 amide bonds. The Labute approximate surface area is 179 Å². The summed E-state index contributed by atoms with van der Waals surface area (Å²) in [5.74, 6) is -0.0782. The normalized spacial score (nSPS) is 12.4. The Morgan fingerprint density at radius 1 is 1.07 bits per heavy atom. The Hall–Kier alpha value is -2.41. The zero-order valence-corrected chi connectivity index (χ0v) is 18.7. The maximum Gasteiger partial charge on any atom is 0.251 e. The smallest absolute Gasteiger partial charge is 0.251 e. The van der Waals surface area contributed by atoms with Crippen LogP contribution >= 0.6 is 0 Å². The number of carbonyl (C=O) groups excluding carboxylic acids is 1. The molecule has 0 radical (unpaired) electrons. The van der Waals surface area contributed by atoms with Crippen molar-refractivity contribution < 1.29 is 17.6 Å². The van der Waals surface area contributed by atoms with Crippen LogP contribution in [0.1, 0.15) is 55.5 Å². The van der Waals surface area contributed by atoms with Crippen molar-refractivity contribution in [3.8, 4) is 0 Å². The molecular weight excluding hydrogens is 403 g/mol. The van der Waals surface area contributed by atoms with E-state index in [9.17, 15) is 17.6 Å². The predicted molar refractivity (Wildman–Crippen MR) is 120 cm³/mol. The monoisotopic (exact) mass is 434 g/mol. The molecular formula is C23H31FN2O3S. The van der Waals surface area contributed by atoms with E-state index in [4.69, 9.17) is 0 Å². The molecule has 0 saturated carbocycles. The van der Waals surface area contributed by atoms with Crippen LogP contribution < -0.4 is 9.62 Å². The standard InChI is InChI=1S/C23H31FN2O3S/c1-4-6-7-18(5-2)16-25-23(27)20-10-14-22(15-11-20)26(30(3,28)29)17-19-8-12-21(24)13-9-19/h8-15,18H,4-7,16-17H2,1-3H3,(H,25,27). The molecule has 0 aromatic heterocycles. The molecule has 1 atom stereocenters. The molecule has 0 bridgehead atoms. The van der Waals surface area contributed by atoms with Crippen molar-refractivity contribution in [2.45, 2.75) is 46.1 Å². The number of anilines is 1. The van der Waals surface area contributed by atoms with Gasteiger partial charge in [0.25, 0.3) is 5.91 Å². The van der Waals surface area contributed by atoms with Crippen molar-refractivity contribution in [1.82, 2.24) is 5.32 Å². The van der Waals surface area contributed by atoms with Crippen molar-refractivity contribution in [1.29, 1.82) is 0 Å². The number of hydrogen-bond donors (Lipinski definition) is 1. The minimum Gasteiger partial charge on any atom is -0.352 e. The van der Waals surface area contributed by atoms with Gasteiger partial charge >= 0.3 is 0 Å². The molecule has 1 N–H and O–H groups in total. The van der Waals surface area contributed by atoms with E-state index in [0.29, 0.717) is 29.3 Å². The average molecular weight is 435 g/mol. The van der Waals surface area contributed by atoms with Gasteiger partial charge in [0.05, 0.1) is 18.5 Å². The lowest BCUT2D eigenvalue weighted by Crippen LogP contribution is -2.30. The summed E-state index contributed by atoms with van der Waals surface area (Å²) in [7, 11) is -3.55. The fourth-order valence-electron chi connectivity index (χ4n) is 3.22. The van der Waals surface area contributed by atoms with Crippen molar-refractivity contribution in [3.63, 3.8) is 0 Å². The molecule has 30 heavy (non-hydrogen) atoms. The number of nitrogens with one attached hydrogen (secondary N) is 1. The predicted octanol–water partition coefficient (Wildman–Crippen LogP) is 4.74. The molecule has 2 rings (SSSR count). The molecule has 0 saturated heterocycles. The highest BCUT2D eigenvalue weighted by molar-refractivity contribution is 7.92. The molecule has 0 aliphatic rings. The third-order valence-corrected chi connectivity index (χ3v) is 6.29. The number of rotatable bonds is 11. The molecule has 5 nitrogen and oxygen atoms in total. The van der Waals surface area contributed by atoms with Crippen LogP contribution in [0.5, 0.6) is 0 Å². The third kappa shape index (κ3) is 7.13. The van der Waals surface area contributed by atoms with Gasteiger partial charge in [-0.3, -0.25) is 9.10 Å². The van der Waals surface area contributed by atoms with Gasteiger partial charge in [0.15, 0.2) is 0 Å². The lowest BCUT2D eigenvalue weighted by Gasteiger charge is -2.23. The average Bonchev–Trinajstić information content (AvgIpc) is 2.72. The number of nitrogens with zero attached hydrogens (tertiary/aromatic N) is 1. The van der Waals surface area contributed by atoms with Crippen molar-refractivity contribution in [3.05, 3.63) is 65.5 Å². The zero-order chi connectivity index (χ0) is 22.1. The van der Waals surface area contributed by atoms with Gasteiger partial charge < -0.3 is 5.32 Å². The first-order valence-electron chi connectivity index (χ1n) is 10.3. The number of halogens is 1. The van der Waals surface area contributed by atoms with Crippen LogP contribution in [-0.4, -0.2) is 27.1 Å². The van der Waals surface area contributed by atoms with Gasteiger partial charge in [-0.2, -0.15) is 0 Å². The van der Waals surface area contributed by atoms with Gasteiger partial charge in [0.2, 0.25) is 10.0 Å². The minimum absolute atomic E-state index is 0.0836. The summed E-state index contributed by atoms with van der Waals surface area (Å²) >= 11 is 0. The highest BCUT2D eigenvalue weighted by atomic mass is 32.2. The molecule has 0 heterocycles. The molecule has 1 unspecified atom stereocenters. The second-order valence-corrected chi connectivity index (χ2v) is 9.48. The van der Waals surface area contributed by atoms with Crippen molar-refractivity contribution >= 4 is 21.6 Å². The highest BCUT2D eigenvalue weighted by Gasteiger charge is 2.19. The third-order valence-electron chi connectivity index (χ3n) is 5.15. The Balaban J connectivity index is 2.08. The quantitative estimate of drug-likeness (QED) is 0.556. The van der Waals surface area contributed by atoms with Gasteiger partial charge in [-0.15, -0.1) is 0 Å².